The summed E-state index contributed by atoms with van der Waals surface area (Å²) in [6.45, 7) is 3.00. The van der Waals surface area contributed by atoms with E-state index >= 15 is 0 Å². The van der Waals surface area contributed by atoms with Crippen molar-refractivity contribution in [3.63, 3.8) is 0 Å². The summed E-state index contributed by atoms with van der Waals surface area (Å²) in [7, 11) is 0. The van der Waals surface area contributed by atoms with E-state index in [1.54, 1.807) is 0 Å². The molecular weight excluding hydrogens is 176 g/mol. The summed E-state index contributed by atoms with van der Waals surface area (Å²) < 4.78 is 0. The Bertz CT molecular complexity index is 226. The van der Waals surface area contributed by atoms with E-state index in [2.05, 4.69) is 23.5 Å². The first kappa shape index (κ1) is 11.1. The van der Waals surface area contributed by atoms with E-state index in [1.807, 2.05) is 0 Å². The fourth-order valence-corrected chi connectivity index (χ4v) is 1.67. The van der Waals surface area contributed by atoms with Gasteiger partial charge < -0.3 is 10.6 Å². The molecule has 0 spiro atoms. The molecule has 1 aliphatic heterocycles. The number of hydrogen-bond acceptors (Lipinski definition) is 2. The number of rotatable bonds is 4. The van der Waals surface area contributed by atoms with E-state index < -0.39 is 0 Å². The largest absolute Gasteiger partial charge is 0.341 e. The van der Waals surface area contributed by atoms with E-state index in [0.29, 0.717) is 0 Å². The van der Waals surface area contributed by atoms with Crippen LogP contribution in [0.3, 0.4) is 0 Å². The number of carbonyl (C=O) groups is 1. The number of amides is 1. The molecule has 0 saturated carbocycles. The van der Waals surface area contributed by atoms with Crippen LogP contribution in [0.5, 0.6) is 0 Å². The quantitative estimate of drug-likeness (QED) is 0.645. The van der Waals surface area contributed by atoms with Gasteiger partial charge >= 0.3 is 0 Å². The zero-order valence-corrected chi connectivity index (χ0v) is 8.68. The van der Waals surface area contributed by atoms with Gasteiger partial charge in [0.25, 0.3) is 0 Å². The molecule has 0 aromatic heterocycles. The van der Waals surface area contributed by atoms with Crippen LogP contribution in [0, 0.1) is 12.3 Å². The van der Waals surface area contributed by atoms with Gasteiger partial charge in [0.2, 0.25) is 5.91 Å². The SMILES string of the molecule is C#CC(CCC)NC(=O)C1CCCN1. The number of nitrogens with one attached hydrogen (secondary N) is 2. The van der Waals surface area contributed by atoms with Gasteiger partial charge in [0.05, 0.1) is 12.1 Å². The van der Waals surface area contributed by atoms with Crippen molar-refractivity contribution in [3.8, 4) is 12.3 Å². The van der Waals surface area contributed by atoms with E-state index in [4.69, 9.17) is 6.42 Å². The summed E-state index contributed by atoms with van der Waals surface area (Å²) >= 11 is 0. The Morgan fingerprint density at radius 1 is 1.79 bits per heavy atom. The van der Waals surface area contributed by atoms with Gasteiger partial charge in [0.1, 0.15) is 0 Å². The Kier molecular flexibility index (Phi) is 4.48. The summed E-state index contributed by atoms with van der Waals surface area (Å²) in [5, 5.41) is 6.02. The Morgan fingerprint density at radius 2 is 2.57 bits per heavy atom. The highest BCUT2D eigenvalue weighted by Gasteiger charge is 2.23. The lowest BCUT2D eigenvalue weighted by atomic mass is 10.1. The van der Waals surface area contributed by atoms with Crippen LogP contribution in [0.4, 0.5) is 0 Å². The standard InChI is InChI=1S/C11H18N2O/c1-3-6-9(4-2)13-11(14)10-7-5-8-12-10/h2,9-10,12H,3,5-8H2,1H3,(H,13,14). The Morgan fingerprint density at radius 3 is 3.07 bits per heavy atom. The van der Waals surface area contributed by atoms with Crippen LogP contribution in [0.15, 0.2) is 0 Å². The topological polar surface area (TPSA) is 41.1 Å². The second kappa shape index (κ2) is 5.66. The minimum absolute atomic E-state index is 0.0253. The molecule has 1 amide bonds. The summed E-state index contributed by atoms with van der Waals surface area (Å²) in [6, 6.07) is -0.127. The van der Waals surface area contributed by atoms with Gasteiger partial charge in [-0.15, -0.1) is 6.42 Å². The van der Waals surface area contributed by atoms with Gasteiger partial charge in [-0.25, -0.2) is 0 Å². The Balaban J connectivity index is 2.34. The highest BCUT2D eigenvalue weighted by molar-refractivity contribution is 5.82. The van der Waals surface area contributed by atoms with Crippen molar-refractivity contribution in [2.24, 2.45) is 0 Å². The number of carbonyl (C=O) groups excluding carboxylic acids is 1. The first-order chi connectivity index (χ1) is 6.77. The van der Waals surface area contributed by atoms with Crippen molar-refractivity contribution in [3.05, 3.63) is 0 Å². The van der Waals surface area contributed by atoms with Gasteiger partial charge in [-0.2, -0.15) is 0 Å². The molecule has 2 unspecified atom stereocenters. The van der Waals surface area contributed by atoms with E-state index in [0.717, 1.165) is 32.2 Å². The maximum atomic E-state index is 11.6. The lowest BCUT2D eigenvalue weighted by Crippen LogP contribution is -2.44. The van der Waals surface area contributed by atoms with E-state index in [-0.39, 0.29) is 18.0 Å². The predicted octanol–water partition coefficient (Wildman–Crippen LogP) is 0.656. The molecule has 0 aromatic carbocycles. The van der Waals surface area contributed by atoms with Crippen molar-refractivity contribution >= 4 is 5.91 Å². The third-order valence-corrected chi connectivity index (χ3v) is 2.47. The van der Waals surface area contributed by atoms with Gasteiger partial charge in [-0.1, -0.05) is 19.3 Å². The second-order valence-corrected chi connectivity index (χ2v) is 3.67. The summed E-state index contributed by atoms with van der Waals surface area (Å²) in [6.07, 6.45) is 9.17. The van der Waals surface area contributed by atoms with Gasteiger partial charge in [0, 0.05) is 0 Å². The number of terminal acetylenes is 1. The Hall–Kier alpha value is -1.01. The zero-order valence-electron chi connectivity index (χ0n) is 8.68. The highest BCUT2D eigenvalue weighted by Crippen LogP contribution is 2.05. The highest BCUT2D eigenvalue weighted by atomic mass is 16.2. The molecule has 0 aliphatic carbocycles. The molecule has 3 heteroatoms. The van der Waals surface area contributed by atoms with Gasteiger partial charge in [-0.3, -0.25) is 4.79 Å². The van der Waals surface area contributed by atoms with E-state index in [1.165, 1.54) is 0 Å². The third kappa shape index (κ3) is 3.04. The molecule has 1 rings (SSSR count). The fourth-order valence-electron chi connectivity index (χ4n) is 1.67. The molecule has 78 valence electrons. The monoisotopic (exact) mass is 194 g/mol. The minimum Gasteiger partial charge on any atom is -0.341 e. The van der Waals surface area contributed by atoms with Gasteiger partial charge in [-0.05, 0) is 25.8 Å². The maximum absolute atomic E-state index is 11.6. The van der Waals surface area contributed by atoms with Crippen molar-refractivity contribution in [2.45, 2.75) is 44.7 Å². The van der Waals surface area contributed by atoms with Crippen molar-refractivity contribution in [1.82, 2.24) is 10.6 Å². The number of hydrogen-bond donors (Lipinski definition) is 2. The lowest BCUT2D eigenvalue weighted by molar-refractivity contribution is -0.123. The first-order valence-electron chi connectivity index (χ1n) is 5.27. The minimum atomic E-state index is -0.102. The van der Waals surface area contributed by atoms with Crippen molar-refractivity contribution in [1.29, 1.82) is 0 Å². The van der Waals surface area contributed by atoms with Crippen LogP contribution in [0.25, 0.3) is 0 Å². The second-order valence-electron chi connectivity index (χ2n) is 3.67. The zero-order chi connectivity index (χ0) is 10.4. The van der Waals surface area contributed by atoms with E-state index in [9.17, 15) is 4.79 Å². The predicted molar refractivity (Wildman–Crippen MR) is 56.7 cm³/mol. The average Bonchev–Trinajstić information content (AvgIpc) is 2.69. The maximum Gasteiger partial charge on any atom is 0.238 e. The third-order valence-electron chi connectivity index (χ3n) is 2.47. The van der Waals surface area contributed by atoms with Gasteiger partial charge in [0.15, 0.2) is 0 Å². The molecule has 3 nitrogen and oxygen atoms in total. The molecule has 14 heavy (non-hydrogen) atoms. The summed E-state index contributed by atoms with van der Waals surface area (Å²) in [5.74, 6) is 2.65. The van der Waals surface area contributed by atoms with Crippen LogP contribution in [0.2, 0.25) is 0 Å². The molecule has 0 bridgehead atoms. The van der Waals surface area contributed by atoms with Crippen LogP contribution >= 0.6 is 0 Å². The molecule has 1 saturated heterocycles. The normalized spacial score (nSPS) is 22.7. The van der Waals surface area contributed by atoms with Crippen LogP contribution < -0.4 is 10.6 Å². The average molecular weight is 194 g/mol. The van der Waals surface area contributed by atoms with Crippen molar-refractivity contribution in [2.75, 3.05) is 6.54 Å². The molecule has 2 N–H and O–H groups in total. The van der Waals surface area contributed by atoms with Crippen LogP contribution in [-0.2, 0) is 4.79 Å². The smallest absolute Gasteiger partial charge is 0.238 e. The molecule has 0 aromatic rings. The molecule has 1 fully saturated rings. The molecule has 1 heterocycles. The fraction of sp³-hybridized carbons (Fsp3) is 0.727. The van der Waals surface area contributed by atoms with Crippen LogP contribution in [-0.4, -0.2) is 24.5 Å². The Labute approximate surface area is 85.6 Å². The molecular formula is C11H18N2O. The lowest BCUT2D eigenvalue weighted by Gasteiger charge is -2.15. The van der Waals surface area contributed by atoms with Crippen LogP contribution in [0.1, 0.15) is 32.6 Å². The van der Waals surface area contributed by atoms with Crippen molar-refractivity contribution < 1.29 is 4.79 Å². The molecule has 1 aliphatic rings. The summed E-state index contributed by atoms with van der Waals surface area (Å²) in [5.41, 5.74) is 0. The molecule has 2 atom stereocenters. The first-order valence-corrected chi connectivity index (χ1v) is 5.27. The summed E-state index contributed by atoms with van der Waals surface area (Å²) in [4.78, 5) is 11.6. The molecule has 0 radical (unpaired) electrons.